The number of nitrogens with zero attached hydrogens (tertiary/aromatic N) is 3. The van der Waals surface area contributed by atoms with Gasteiger partial charge in [-0.1, -0.05) is 16.8 Å². The van der Waals surface area contributed by atoms with Crippen LogP contribution < -0.4 is 5.32 Å². The van der Waals surface area contributed by atoms with Crippen molar-refractivity contribution in [1.29, 1.82) is 0 Å². The molecule has 0 aliphatic carbocycles. The van der Waals surface area contributed by atoms with E-state index < -0.39 is 11.9 Å². The maximum Gasteiger partial charge on any atom is 0.296 e. The van der Waals surface area contributed by atoms with E-state index >= 15 is 0 Å². The van der Waals surface area contributed by atoms with Crippen molar-refractivity contribution < 1.29 is 14.1 Å². The number of hydrogen-bond donors (Lipinski definition) is 1. The third-order valence-electron chi connectivity index (χ3n) is 3.68. The van der Waals surface area contributed by atoms with E-state index in [-0.39, 0.29) is 23.7 Å². The van der Waals surface area contributed by atoms with Gasteiger partial charge in [0, 0.05) is 23.2 Å². The van der Waals surface area contributed by atoms with Crippen molar-refractivity contribution in [3.8, 4) is 11.5 Å². The molecule has 1 aliphatic rings. The van der Waals surface area contributed by atoms with Crippen molar-refractivity contribution in [2.75, 3.05) is 6.54 Å². The summed E-state index contributed by atoms with van der Waals surface area (Å²) in [4.78, 5) is 29.9. The molecule has 2 heterocycles. The minimum Gasteiger partial charge on any atom is -0.350 e. The summed E-state index contributed by atoms with van der Waals surface area (Å²) in [7, 11) is 0. The van der Waals surface area contributed by atoms with Crippen molar-refractivity contribution in [3.63, 3.8) is 0 Å². The van der Waals surface area contributed by atoms with Gasteiger partial charge >= 0.3 is 0 Å². The second kappa shape index (κ2) is 6.00. The summed E-state index contributed by atoms with van der Waals surface area (Å²) in [5.41, 5.74) is 0.666. The number of rotatable bonds is 2. The highest BCUT2D eigenvalue weighted by Gasteiger charge is 2.35. The van der Waals surface area contributed by atoms with Crippen molar-refractivity contribution in [2.24, 2.45) is 0 Å². The number of nitrogens with one attached hydrogen (secondary N) is 1. The molecule has 8 heteroatoms. The molecule has 0 spiro atoms. The molecule has 1 aliphatic heterocycles. The lowest BCUT2D eigenvalue weighted by Gasteiger charge is -2.35. The second-order valence-electron chi connectivity index (χ2n) is 5.47. The molecule has 1 aromatic heterocycles. The maximum atomic E-state index is 12.5. The molecular formula is C15H15ClN4O3. The normalized spacial score (nSPS) is 21.2. The standard InChI is InChI=1S/C15H15ClN4O3/c1-8-7-20(9(2)13(21)17-8)15(22)12-18-14(23-19-12)10-3-5-11(16)6-4-10/h3-6,8-9H,7H2,1-2H3,(H,17,21). The number of aromatic nitrogens is 2. The highest BCUT2D eigenvalue weighted by molar-refractivity contribution is 6.30. The smallest absolute Gasteiger partial charge is 0.296 e. The Hall–Kier alpha value is -2.41. The minimum absolute atomic E-state index is 0.0660. The van der Waals surface area contributed by atoms with Crippen LogP contribution in [0.4, 0.5) is 0 Å². The monoisotopic (exact) mass is 334 g/mol. The summed E-state index contributed by atoms with van der Waals surface area (Å²) in [5, 5.41) is 7.11. The van der Waals surface area contributed by atoms with Crippen LogP contribution >= 0.6 is 11.6 Å². The highest BCUT2D eigenvalue weighted by atomic mass is 35.5. The molecule has 1 N–H and O–H groups in total. The molecule has 7 nitrogen and oxygen atoms in total. The number of carbonyl (C=O) groups excluding carboxylic acids is 2. The Morgan fingerprint density at radius 1 is 1.35 bits per heavy atom. The minimum atomic E-state index is -0.573. The van der Waals surface area contributed by atoms with Crippen LogP contribution in [0.2, 0.25) is 5.02 Å². The molecule has 2 atom stereocenters. The Morgan fingerprint density at radius 3 is 2.74 bits per heavy atom. The van der Waals surface area contributed by atoms with Crippen LogP contribution in [0.1, 0.15) is 24.5 Å². The fraction of sp³-hybridized carbons (Fsp3) is 0.333. The molecule has 3 rings (SSSR count). The Morgan fingerprint density at radius 2 is 2.04 bits per heavy atom. The van der Waals surface area contributed by atoms with Gasteiger partial charge in [0.2, 0.25) is 5.91 Å². The molecule has 1 fully saturated rings. The van der Waals surface area contributed by atoms with E-state index in [2.05, 4.69) is 15.5 Å². The first-order chi connectivity index (χ1) is 11.0. The lowest BCUT2D eigenvalue weighted by Crippen LogP contribution is -2.59. The first-order valence-electron chi connectivity index (χ1n) is 7.16. The second-order valence-corrected chi connectivity index (χ2v) is 5.91. The number of benzene rings is 1. The largest absolute Gasteiger partial charge is 0.350 e. The Kier molecular flexibility index (Phi) is 4.04. The fourth-order valence-electron chi connectivity index (χ4n) is 2.41. The first-order valence-corrected chi connectivity index (χ1v) is 7.54. The molecule has 2 unspecified atom stereocenters. The zero-order valence-corrected chi connectivity index (χ0v) is 13.4. The van der Waals surface area contributed by atoms with Gasteiger partial charge in [-0.05, 0) is 38.1 Å². The number of halogens is 1. The van der Waals surface area contributed by atoms with Gasteiger partial charge in [0.1, 0.15) is 6.04 Å². The van der Waals surface area contributed by atoms with E-state index in [1.54, 1.807) is 31.2 Å². The predicted octanol–water partition coefficient (Wildman–Crippen LogP) is 1.74. The molecular weight excluding hydrogens is 320 g/mol. The summed E-state index contributed by atoms with van der Waals surface area (Å²) < 4.78 is 5.14. The van der Waals surface area contributed by atoms with Gasteiger partial charge in [0.15, 0.2) is 0 Å². The first kappa shape index (κ1) is 15.5. The van der Waals surface area contributed by atoms with Gasteiger partial charge in [0.25, 0.3) is 17.6 Å². The van der Waals surface area contributed by atoms with Crippen molar-refractivity contribution >= 4 is 23.4 Å². The van der Waals surface area contributed by atoms with Crippen molar-refractivity contribution in [1.82, 2.24) is 20.4 Å². The quantitative estimate of drug-likeness (QED) is 0.903. The topological polar surface area (TPSA) is 88.3 Å². The van der Waals surface area contributed by atoms with Gasteiger partial charge in [-0.25, -0.2) is 0 Å². The number of amides is 2. The zero-order valence-electron chi connectivity index (χ0n) is 12.6. The van der Waals surface area contributed by atoms with E-state index in [4.69, 9.17) is 16.1 Å². The van der Waals surface area contributed by atoms with Crippen LogP contribution in [0.3, 0.4) is 0 Å². The third kappa shape index (κ3) is 3.05. The summed E-state index contributed by atoms with van der Waals surface area (Å²) in [6.07, 6.45) is 0. The fourth-order valence-corrected chi connectivity index (χ4v) is 2.54. The highest BCUT2D eigenvalue weighted by Crippen LogP contribution is 2.20. The lowest BCUT2D eigenvalue weighted by atomic mass is 10.1. The zero-order chi connectivity index (χ0) is 16.6. The molecule has 0 bridgehead atoms. The van der Waals surface area contributed by atoms with Gasteiger partial charge in [-0.2, -0.15) is 4.98 Å². The van der Waals surface area contributed by atoms with Gasteiger partial charge in [-0.15, -0.1) is 0 Å². The SMILES string of the molecule is CC1CN(C(=O)c2noc(-c3ccc(Cl)cc3)n2)C(C)C(=O)N1. The van der Waals surface area contributed by atoms with Gasteiger partial charge in [0.05, 0.1) is 0 Å². The average molecular weight is 335 g/mol. The summed E-state index contributed by atoms with van der Waals surface area (Å²) in [5.74, 6) is -0.461. The molecule has 120 valence electrons. The predicted molar refractivity (Wildman–Crippen MR) is 82.8 cm³/mol. The lowest BCUT2D eigenvalue weighted by molar-refractivity contribution is -0.128. The van der Waals surface area contributed by atoms with Crippen molar-refractivity contribution in [2.45, 2.75) is 25.9 Å². The molecule has 2 aromatic rings. The van der Waals surface area contributed by atoms with Crippen LogP contribution in [-0.2, 0) is 4.79 Å². The van der Waals surface area contributed by atoms with Crippen molar-refractivity contribution in [3.05, 3.63) is 35.1 Å². The summed E-state index contributed by atoms with van der Waals surface area (Å²) in [6, 6.07) is 6.15. The molecule has 1 aromatic carbocycles. The van der Waals surface area contributed by atoms with Crippen LogP contribution in [-0.4, -0.2) is 45.5 Å². The van der Waals surface area contributed by atoms with Crippen LogP contribution in [0, 0.1) is 0 Å². The molecule has 0 saturated carbocycles. The van der Waals surface area contributed by atoms with E-state index in [0.717, 1.165) is 0 Å². The Labute approximate surface area is 137 Å². The van der Waals surface area contributed by atoms with Crippen LogP contribution in [0.25, 0.3) is 11.5 Å². The van der Waals surface area contributed by atoms with Crippen LogP contribution in [0.15, 0.2) is 28.8 Å². The van der Waals surface area contributed by atoms with E-state index in [0.29, 0.717) is 17.1 Å². The summed E-state index contributed by atoms with van der Waals surface area (Å²) in [6.45, 7) is 3.90. The Balaban J connectivity index is 1.83. The third-order valence-corrected chi connectivity index (χ3v) is 3.93. The van der Waals surface area contributed by atoms with Crippen LogP contribution in [0.5, 0.6) is 0 Å². The Bertz CT molecular complexity index is 743. The number of carbonyl (C=O) groups is 2. The van der Waals surface area contributed by atoms with E-state index in [9.17, 15) is 9.59 Å². The van der Waals surface area contributed by atoms with Gasteiger partial charge in [-0.3, -0.25) is 9.59 Å². The average Bonchev–Trinajstić information content (AvgIpc) is 3.01. The number of hydrogen-bond acceptors (Lipinski definition) is 5. The molecule has 0 radical (unpaired) electrons. The maximum absolute atomic E-state index is 12.5. The molecule has 2 amide bonds. The number of piperazine rings is 1. The van der Waals surface area contributed by atoms with Gasteiger partial charge < -0.3 is 14.7 Å². The summed E-state index contributed by atoms with van der Waals surface area (Å²) >= 11 is 5.83. The van der Waals surface area contributed by atoms with E-state index in [1.807, 2.05) is 6.92 Å². The molecule has 23 heavy (non-hydrogen) atoms. The van der Waals surface area contributed by atoms with E-state index in [1.165, 1.54) is 4.90 Å². The molecule has 1 saturated heterocycles.